The van der Waals surface area contributed by atoms with Gasteiger partial charge in [0.1, 0.15) is 11.3 Å². The Bertz CT molecular complexity index is 805. The molecule has 2 heterocycles. The number of aromatic nitrogens is 4. The molecular weight excluding hydrogens is 325 g/mol. The number of anilines is 1. The number of hydrogen-bond acceptors (Lipinski definition) is 3. The number of aryl methyl sites for hydroxylation is 2. The van der Waals surface area contributed by atoms with Crippen LogP contribution in [0.2, 0.25) is 0 Å². The first-order chi connectivity index (χ1) is 9.52. The largest absolute Gasteiger partial charge is 0.369 e. The number of hydrogen-bond donors (Lipinski definition) is 1. The third kappa shape index (κ3) is 1.81. The number of nitrogen functional groups attached to an aromatic ring is 1. The highest BCUT2D eigenvalue weighted by Crippen LogP contribution is 2.28. The van der Waals surface area contributed by atoms with Crippen LogP contribution in [0.25, 0.3) is 16.9 Å². The van der Waals surface area contributed by atoms with E-state index in [1.165, 1.54) is 6.07 Å². The molecule has 0 radical (unpaired) electrons. The zero-order valence-electron chi connectivity index (χ0n) is 11.1. The Morgan fingerprint density at radius 2 is 2.15 bits per heavy atom. The summed E-state index contributed by atoms with van der Waals surface area (Å²) < 4.78 is 18.1. The summed E-state index contributed by atoms with van der Waals surface area (Å²) in [6.45, 7) is 2.00. The summed E-state index contributed by atoms with van der Waals surface area (Å²) in [7, 11) is 1.80. The van der Waals surface area contributed by atoms with E-state index in [9.17, 15) is 4.39 Å². The van der Waals surface area contributed by atoms with E-state index in [2.05, 4.69) is 26.0 Å². The first-order valence-electron chi connectivity index (χ1n) is 6.18. The fourth-order valence-corrected chi connectivity index (χ4v) is 2.68. The van der Waals surface area contributed by atoms with Crippen LogP contribution < -0.4 is 5.73 Å². The second-order valence-corrected chi connectivity index (χ2v) is 5.41. The lowest BCUT2D eigenvalue weighted by atomic mass is 10.3. The van der Waals surface area contributed by atoms with Crippen molar-refractivity contribution in [2.45, 2.75) is 13.3 Å². The predicted octanol–water partition coefficient (Wildman–Crippen LogP) is 2.81. The molecule has 0 aliphatic rings. The van der Waals surface area contributed by atoms with E-state index < -0.39 is 0 Å². The summed E-state index contributed by atoms with van der Waals surface area (Å²) in [4.78, 5) is 4.33. The average molecular weight is 338 g/mol. The minimum absolute atomic E-state index is 0.250. The molecule has 0 aliphatic carbocycles. The van der Waals surface area contributed by atoms with Crippen molar-refractivity contribution in [2.75, 3.05) is 5.73 Å². The molecule has 2 N–H and O–H groups in total. The van der Waals surface area contributed by atoms with E-state index in [0.29, 0.717) is 16.9 Å². The van der Waals surface area contributed by atoms with Gasteiger partial charge in [-0.1, -0.05) is 22.9 Å². The molecule has 0 atom stereocenters. The quantitative estimate of drug-likeness (QED) is 0.782. The normalized spacial score (nSPS) is 11.4. The number of halogens is 2. The van der Waals surface area contributed by atoms with Gasteiger partial charge in [0.25, 0.3) is 0 Å². The van der Waals surface area contributed by atoms with E-state index in [1.807, 2.05) is 6.92 Å². The molecule has 2 aromatic heterocycles. The highest BCUT2D eigenvalue weighted by Gasteiger charge is 2.20. The van der Waals surface area contributed by atoms with Crippen molar-refractivity contribution in [1.82, 2.24) is 19.3 Å². The van der Waals surface area contributed by atoms with Crippen LogP contribution in [0.1, 0.15) is 12.6 Å². The minimum Gasteiger partial charge on any atom is -0.369 e. The highest BCUT2D eigenvalue weighted by molar-refractivity contribution is 9.10. The summed E-state index contributed by atoms with van der Waals surface area (Å²) in [5, 5.41) is 4.39. The zero-order chi connectivity index (χ0) is 14.4. The van der Waals surface area contributed by atoms with Crippen LogP contribution in [-0.4, -0.2) is 19.3 Å². The molecule has 0 saturated heterocycles. The molecule has 1 aromatic carbocycles. The second-order valence-electron chi connectivity index (χ2n) is 4.50. The lowest BCUT2D eigenvalue weighted by molar-refractivity contribution is 0.618. The smallest absolute Gasteiger partial charge is 0.207 e. The maximum atomic E-state index is 14.1. The van der Waals surface area contributed by atoms with Crippen LogP contribution in [0, 0.1) is 5.82 Å². The highest BCUT2D eigenvalue weighted by atomic mass is 79.9. The van der Waals surface area contributed by atoms with Gasteiger partial charge in [-0.05, 0) is 24.6 Å². The fourth-order valence-electron chi connectivity index (χ4n) is 2.33. The fraction of sp³-hybridized carbons (Fsp3) is 0.231. The lowest BCUT2D eigenvalue weighted by Gasteiger charge is -2.08. The van der Waals surface area contributed by atoms with Gasteiger partial charge in [0.2, 0.25) is 5.95 Å². The molecule has 7 heteroatoms. The van der Waals surface area contributed by atoms with Crippen LogP contribution in [0.5, 0.6) is 0 Å². The van der Waals surface area contributed by atoms with Crippen molar-refractivity contribution >= 4 is 33.0 Å². The van der Waals surface area contributed by atoms with Crippen LogP contribution in [0.3, 0.4) is 0 Å². The van der Waals surface area contributed by atoms with E-state index in [1.54, 1.807) is 28.4 Å². The van der Waals surface area contributed by atoms with Crippen molar-refractivity contribution in [3.05, 3.63) is 34.2 Å². The van der Waals surface area contributed by atoms with Crippen molar-refractivity contribution in [3.63, 3.8) is 0 Å². The Labute approximate surface area is 123 Å². The molecular formula is C13H13BrFN5. The summed E-state index contributed by atoms with van der Waals surface area (Å²) in [5.74, 6) is -0.113. The van der Waals surface area contributed by atoms with Crippen LogP contribution in [-0.2, 0) is 13.5 Å². The van der Waals surface area contributed by atoms with Gasteiger partial charge >= 0.3 is 0 Å². The molecule has 0 saturated carbocycles. The molecule has 0 fully saturated rings. The first kappa shape index (κ1) is 13.1. The van der Waals surface area contributed by atoms with Crippen molar-refractivity contribution in [1.29, 1.82) is 0 Å². The first-order valence-corrected chi connectivity index (χ1v) is 6.97. The third-order valence-electron chi connectivity index (χ3n) is 3.21. The van der Waals surface area contributed by atoms with Crippen LogP contribution >= 0.6 is 15.9 Å². The van der Waals surface area contributed by atoms with Crippen molar-refractivity contribution in [3.8, 4) is 5.69 Å². The number of benzene rings is 1. The molecule has 0 amide bonds. The number of nitrogens with two attached hydrogens (primary N) is 1. The van der Waals surface area contributed by atoms with E-state index in [4.69, 9.17) is 5.73 Å². The Balaban J connectivity index is 2.39. The van der Waals surface area contributed by atoms with Gasteiger partial charge in [0.15, 0.2) is 5.65 Å². The van der Waals surface area contributed by atoms with Crippen LogP contribution in [0.15, 0.2) is 22.7 Å². The van der Waals surface area contributed by atoms with Gasteiger partial charge in [0.05, 0.1) is 11.4 Å². The minimum atomic E-state index is -0.363. The molecule has 3 aromatic rings. The maximum absolute atomic E-state index is 14.1. The Kier molecular flexibility index (Phi) is 3.01. The number of fused-ring (bicyclic) bond motifs is 1. The Morgan fingerprint density at radius 3 is 2.85 bits per heavy atom. The topological polar surface area (TPSA) is 61.7 Å². The summed E-state index contributed by atoms with van der Waals surface area (Å²) in [5.41, 5.74) is 8.58. The van der Waals surface area contributed by atoms with Gasteiger partial charge in [-0.25, -0.2) is 14.1 Å². The van der Waals surface area contributed by atoms with E-state index in [0.717, 1.165) is 16.6 Å². The molecule has 0 unspecified atom stereocenters. The summed E-state index contributed by atoms with van der Waals surface area (Å²) in [6, 6.07) is 4.71. The standard InChI is InChI=1S/C13H13BrFN5/c1-3-9-11-12(19(2)18-9)20(13(16)17-11)10-6-7(14)4-5-8(10)15/h4-6H,3H2,1-2H3,(H2,16,17). The zero-order valence-corrected chi connectivity index (χ0v) is 12.6. The van der Waals surface area contributed by atoms with Crippen molar-refractivity contribution < 1.29 is 4.39 Å². The Hall–Kier alpha value is -1.89. The molecule has 0 spiro atoms. The molecule has 104 valence electrons. The lowest BCUT2D eigenvalue weighted by Crippen LogP contribution is -2.06. The summed E-state index contributed by atoms with van der Waals surface area (Å²) >= 11 is 3.34. The average Bonchev–Trinajstić information content (AvgIpc) is 2.90. The SMILES string of the molecule is CCc1nn(C)c2c1nc(N)n2-c1cc(Br)ccc1F. The van der Waals surface area contributed by atoms with Gasteiger partial charge in [-0.3, -0.25) is 4.57 Å². The Morgan fingerprint density at radius 1 is 1.40 bits per heavy atom. The van der Waals surface area contributed by atoms with E-state index >= 15 is 0 Å². The van der Waals surface area contributed by atoms with E-state index in [-0.39, 0.29) is 11.8 Å². The third-order valence-corrected chi connectivity index (χ3v) is 3.71. The molecule has 5 nitrogen and oxygen atoms in total. The van der Waals surface area contributed by atoms with Crippen LogP contribution in [0.4, 0.5) is 10.3 Å². The van der Waals surface area contributed by atoms with Gasteiger partial charge < -0.3 is 5.73 Å². The maximum Gasteiger partial charge on any atom is 0.207 e. The monoisotopic (exact) mass is 337 g/mol. The molecule has 20 heavy (non-hydrogen) atoms. The van der Waals surface area contributed by atoms with Crippen molar-refractivity contribution in [2.24, 2.45) is 7.05 Å². The number of rotatable bonds is 2. The molecule has 0 aliphatic heterocycles. The second kappa shape index (κ2) is 4.59. The predicted molar refractivity (Wildman–Crippen MR) is 79.3 cm³/mol. The van der Waals surface area contributed by atoms with Gasteiger partial charge in [-0.15, -0.1) is 0 Å². The van der Waals surface area contributed by atoms with Gasteiger partial charge in [-0.2, -0.15) is 5.10 Å². The molecule has 0 bridgehead atoms. The van der Waals surface area contributed by atoms with Gasteiger partial charge in [0, 0.05) is 11.5 Å². The molecule has 3 rings (SSSR count). The summed E-state index contributed by atoms with van der Waals surface area (Å²) in [6.07, 6.45) is 0.745. The number of imidazole rings is 1. The number of nitrogens with zero attached hydrogens (tertiary/aromatic N) is 4.